The molecule has 0 bridgehead atoms. The summed E-state index contributed by atoms with van der Waals surface area (Å²) in [5, 5.41) is 2.95. The average Bonchev–Trinajstić information content (AvgIpc) is 2.49. The lowest BCUT2D eigenvalue weighted by Gasteiger charge is -2.35. The number of hydrogen-bond donors (Lipinski definition) is 1. The summed E-state index contributed by atoms with van der Waals surface area (Å²) >= 11 is 0. The number of fused-ring (bicyclic) bond motifs is 1. The quantitative estimate of drug-likeness (QED) is 0.784. The average molecular weight is 223 g/mol. The van der Waals surface area contributed by atoms with Gasteiger partial charge in [0, 0.05) is 19.5 Å². The Morgan fingerprint density at radius 3 is 2.56 bits per heavy atom. The van der Waals surface area contributed by atoms with E-state index in [1.807, 2.05) is 0 Å². The third kappa shape index (κ3) is 1.53. The molecule has 2 aliphatic heterocycles. The van der Waals surface area contributed by atoms with Crippen molar-refractivity contribution in [3.8, 4) is 11.5 Å². The Morgan fingerprint density at radius 2 is 1.88 bits per heavy atom. The molecule has 1 N–H and O–H groups in total. The Morgan fingerprint density at radius 1 is 1.12 bits per heavy atom. The van der Waals surface area contributed by atoms with Gasteiger partial charge in [-0.1, -0.05) is 6.07 Å². The Kier molecular flexibility index (Phi) is 2.24. The summed E-state index contributed by atoms with van der Waals surface area (Å²) in [5.41, 5.74) is -0.555. The van der Waals surface area contributed by atoms with Crippen LogP contribution < -0.4 is 14.8 Å². The van der Waals surface area contributed by atoms with Crippen LogP contribution in [-0.4, -0.2) is 26.3 Å². The Bertz CT molecular complexity index is 404. The van der Waals surface area contributed by atoms with Crippen LogP contribution in [0.15, 0.2) is 18.2 Å². The van der Waals surface area contributed by atoms with Gasteiger partial charge in [0.15, 0.2) is 17.2 Å². The normalized spacial score (nSPS) is 22.1. The highest BCUT2D eigenvalue weighted by Gasteiger charge is 2.39. The molecule has 86 valence electrons. The molecule has 0 spiro atoms. The molecule has 3 rings (SSSR count). The van der Waals surface area contributed by atoms with Crippen molar-refractivity contribution in [3.05, 3.63) is 23.8 Å². The van der Waals surface area contributed by atoms with Gasteiger partial charge in [-0.15, -0.1) is 0 Å². The van der Waals surface area contributed by atoms with Gasteiger partial charge in [0.25, 0.3) is 0 Å². The largest absolute Gasteiger partial charge is 0.490 e. The second-order valence-corrected chi connectivity index (χ2v) is 4.28. The summed E-state index contributed by atoms with van der Waals surface area (Å²) in [6, 6.07) is 5.35. The number of halogens is 1. The fourth-order valence-corrected chi connectivity index (χ4v) is 1.99. The van der Waals surface area contributed by atoms with Gasteiger partial charge in [-0.25, -0.2) is 4.39 Å². The fraction of sp³-hybridized carbons (Fsp3) is 0.500. The minimum Gasteiger partial charge on any atom is -0.490 e. The molecule has 1 fully saturated rings. The fourth-order valence-electron chi connectivity index (χ4n) is 1.99. The first-order chi connectivity index (χ1) is 7.78. The van der Waals surface area contributed by atoms with E-state index in [2.05, 4.69) is 5.32 Å². The van der Waals surface area contributed by atoms with Crippen molar-refractivity contribution in [2.24, 2.45) is 0 Å². The number of nitrogens with one attached hydrogen (secondary N) is 1. The predicted molar refractivity (Wildman–Crippen MR) is 57.7 cm³/mol. The van der Waals surface area contributed by atoms with Crippen LogP contribution in [0.2, 0.25) is 0 Å². The highest BCUT2D eigenvalue weighted by molar-refractivity contribution is 5.45. The van der Waals surface area contributed by atoms with Crippen LogP contribution in [0.4, 0.5) is 4.39 Å². The first-order valence-corrected chi connectivity index (χ1v) is 5.58. The van der Waals surface area contributed by atoms with E-state index < -0.39 is 5.67 Å². The second kappa shape index (κ2) is 3.63. The maximum absolute atomic E-state index is 14.2. The van der Waals surface area contributed by atoms with Gasteiger partial charge in [-0.3, -0.25) is 0 Å². The molecule has 1 aromatic carbocycles. The van der Waals surface area contributed by atoms with Crippen LogP contribution in [-0.2, 0) is 5.67 Å². The molecule has 4 heteroatoms. The summed E-state index contributed by atoms with van der Waals surface area (Å²) in [5.74, 6) is 1.39. The summed E-state index contributed by atoms with van der Waals surface area (Å²) < 4.78 is 25.2. The molecule has 2 heterocycles. The smallest absolute Gasteiger partial charge is 0.161 e. The van der Waals surface area contributed by atoms with Crippen molar-refractivity contribution < 1.29 is 13.9 Å². The third-order valence-electron chi connectivity index (χ3n) is 3.08. The van der Waals surface area contributed by atoms with Crippen LogP contribution in [0.5, 0.6) is 11.5 Å². The van der Waals surface area contributed by atoms with Crippen molar-refractivity contribution in [3.63, 3.8) is 0 Å². The number of hydrogen-bond acceptors (Lipinski definition) is 3. The summed E-state index contributed by atoms with van der Waals surface area (Å²) in [6.45, 7) is 2.06. The van der Waals surface area contributed by atoms with Gasteiger partial charge >= 0.3 is 0 Å². The van der Waals surface area contributed by atoms with E-state index in [-0.39, 0.29) is 0 Å². The SMILES string of the molecule is FC1(c2ccc3c(c2)OCCCO3)CNC1. The van der Waals surface area contributed by atoms with Crippen molar-refractivity contribution in [1.29, 1.82) is 0 Å². The molecule has 1 saturated heterocycles. The lowest BCUT2D eigenvalue weighted by atomic mass is 9.90. The third-order valence-corrected chi connectivity index (χ3v) is 3.08. The lowest BCUT2D eigenvalue weighted by molar-refractivity contribution is 0.0887. The zero-order chi connectivity index (χ0) is 11.0. The topological polar surface area (TPSA) is 30.5 Å². The van der Waals surface area contributed by atoms with Crippen LogP contribution >= 0.6 is 0 Å². The molecule has 0 aliphatic carbocycles. The number of ether oxygens (including phenoxy) is 2. The van der Waals surface area contributed by atoms with Gasteiger partial charge < -0.3 is 14.8 Å². The Hall–Kier alpha value is -1.29. The summed E-state index contributed by atoms with van der Waals surface area (Å²) in [7, 11) is 0. The minimum atomic E-state index is -1.23. The second-order valence-electron chi connectivity index (χ2n) is 4.28. The van der Waals surface area contributed by atoms with E-state index in [4.69, 9.17) is 9.47 Å². The van der Waals surface area contributed by atoms with Crippen molar-refractivity contribution in [2.75, 3.05) is 26.3 Å². The van der Waals surface area contributed by atoms with Gasteiger partial charge in [0.2, 0.25) is 0 Å². The van der Waals surface area contributed by atoms with E-state index in [1.165, 1.54) is 0 Å². The maximum atomic E-state index is 14.2. The molecule has 2 aliphatic rings. The first-order valence-electron chi connectivity index (χ1n) is 5.58. The van der Waals surface area contributed by atoms with Crippen molar-refractivity contribution in [2.45, 2.75) is 12.1 Å². The molecule has 0 radical (unpaired) electrons. The van der Waals surface area contributed by atoms with Crippen molar-refractivity contribution >= 4 is 0 Å². The van der Waals surface area contributed by atoms with Gasteiger partial charge in [0.1, 0.15) is 0 Å². The molecule has 0 saturated carbocycles. The van der Waals surface area contributed by atoms with E-state index in [0.717, 1.165) is 12.2 Å². The highest BCUT2D eigenvalue weighted by Crippen LogP contribution is 2.37. The van der Waals surface area contributed by atoms with Gasteiger partial charge in [-0.2, -0.15) is 0 Å². The van der Waals surface area contributed by atoms with Crippen LogP contribution in [0.25, 0.3) is 0 Å². The first kappa shape index (κ1) is 9.90. The molecule has 1 aromatic rings. The molecule has 0 aromatic heterocycles. The van der Waals surface area contributed by atoms with Crippen LogP contribution in [0, 0.1) is 0 Å². The van der Waals surface area contributed by atoms with Gasteiger partial charge in [-0.05, 0) is 17.7 Å². The minimum absolute atomic E-state index is 0.382. The van der Waals surface area contributed by atoms with E-state index in [9.17, 15) is 4.39 Å². The predicted octanol–water partition coefficient (Wildman–Crippen LogP) is 1.62. The number of benzene rings is 1. The number of rotatable bonds is 1. The Labute approximate surface area is 93.6 Å². The number of alkyl halides is 1. The van der Waals surface area contributed by atoms with Gasteiger partial charge in [0.05, 0.1) is 13.2 Å². The van der Waals surface area contributed by atoms with E-state index >= 15 is 0 Å². The van der Waals surface area contributed by atoms with E-state index in [0.29, 0.717) is 37.6 Å². The lowest BCUT2D eigenvalue weighted by Crippen LogP contribution is -2.53. The summed E-state index contributed by atoms with van der Waals surface area (Å²) in [4.78, 5) is 0. The van der Waals surface area contributed by atoms with Crippen LogP contribution in [0.1, 0.15) is 12.0 Å². The van der Waals surface area contributed by atoms with E-state index in [1.54, 1.807) is 18.2 Å². The molecular weight excluding hydrogens is 209 g/mol. The molecular formula is C12H14FNO2. The zero-order valence-electron chi connectivity index (χ0n) is 8.96. The maximum Gasteiger partial charge on any atom is 0.161 e. The molecule has 0 unspecified atom stereocenters. The molecule has 0 amide bonds. The molecule has 0 atom stereocenters. The zero-order valence-corrected chi connectivity index (χ0v) is 8.96. The molecule has 16 heavy (non-hydrogen) atoms. The standard InChI is InChI=1S/C12H14FNO2/c13-12(7-14-8-12)9-2-3-10-11(6-9)16-5-1-4-15-10/h2-3,6,14H,1,4-5,7-8H2. The van der Waals surface area contributed by atoms with Crippen molar-refractivity contribution in [1.82, 2.24) is 5.32 Å². The summed E-state index contributed by atoms with van der Waals surface area (Å²) in [6.07, 6.45) is 0.867. The molecule has 3 nitrogen and oxygen atoms in total. The Balaban J connectivity index is 1.94. The monoisotopic (exact) mass is 223 g/mol. The van der Waals surface area contributed by atoms with Crippen LogP contribution in [0.3, 0.4) is 0 Å². The highest BCUT2D eigenvalue weighted by atomic mass is 19.1.